The molecule has 0 heterocycles. The predicted molar refractivity (Wildman–Crippen MR) is 132 cm³/mol. The highest BCUT2D eigenvalue weighted by Crippen LogP contribution is 2.62. The summed E-state index contributed by atoms with van der Waals surface area (Å²) in [5.41, 5.74) is 9.15. The lowest BCUT2D eigenvalue weighted by Gasteiger charge is -2.62. The summed E-state index contributed by atoms with van der Waals surface area (Å²) in [4.78, 5) is 12.9. The number of carbonyl (C=O) groups is 1. The first-order valence-corrected chi connectivity index (χ1v) is 12.6. The van der Waals surface area contributed by atoms with Crippen LogP contribution in [0.15, 0.2) is 48.5 Å². The topological polar surface area (TPSA) is 61.5 Å². The van der Waals surface area contributed by atoms with Crippen LogP contribution in [-0.2, 0) is 28.0 Å². The fraction of sp³-hybridized carbons (Fsp3) is 0.552. The van der Waals surface area contributed by atoms with Gasteiger partial charge in [-0.25, -0.2) is 0 Å². The number of fused-ring (bicyclic) bond motifs is 3. The van der Waals surface area contributed by atoms with Crippen molar-refractivity contribution < 1.29 is 14.3 Å². The Morgan fingerprint density at radius 2 is 1.82 bits per heavy atom. The van der Waals surface area contributed by atoms with Crippen molar-refractivity contribution in [2.24, 2.45) is 11.1 Å². The van der Waals surface area contributed by atoms with Gasteiger partial charge in [0.05, 0.1) is 0 Å². The van der Waals surface area contributed by atoms with Gasteiger partial charge in [-0.3, -0.25) is 4.79 Å². The first-order chi connectivity index (χ1) is 15.9. The van der Waals surface area contributed by atoms with E-state index in [0.29, 0.717) is 19.6 Å². The molecule has 4 heteroatoms. The van der Waals surface area contributed by atoms with E-state index in [9.17, 15) is 4.79 Å². The van der Waals surface area contributed by atoms with Crippen LogP contribution in [0.2, 0.25) is 0 Å². The zero-order chi connectivity index (χ0) is 23.5. The number of aryl methyl sites for hydroxylation is 1. The van der Waals surface area contributed by atoms with E-state index in [1.165, 1.54) is 11.1 Å². The maximum Gasteiger partial charge on any atom is 0.306 e. The van der Waals surface area contributed by atoms with Crippen molar-refractivity contribution in [1.29, 1.82) is 0 Å². The summed E-state index contributed by atoms with van der Waals surface area (Å²) in [6.45, 7) is 7.61. The molecule has 178 valence electrons. The number of hydrogen-bond acceptors (Lipinski definition) is 4. The second kappa shape index (κ2) is 9.50. The minimum Gasteiger partial charge on any atom is -0.489 e. The Labute approximate surface area is 198 Å². The summed E-state index contributed by atoms with van der Waals surface area (Å²) in [6.07, 6.45) is 7.13. The smallest absolute Gasteiger partial charge is 0.306 e. The van der Waals surface area contributed by atoms with Crippen LogP contribution in [0, 0.1) is 5.41 Å². The zero-order valence-electron chi connectivity index (χ0n) is 20.5. The summed E-state index contributed by atoms with van der Waals surface area (Å²) in [5, 5.41) is 0. The Morgan fingerprint density at radius 1 is 1.06 bits per heavy atom. The van der Waals surface area contributed by atoms with Crippen LogP contribution in [0.5, 0.6) is 5.75 Å². The van der Waals surface area contributed by atoms with Crippen molar-refractivity contribution in [3.8, 4) is 5.75 Å². The van der Waals surface area contributed by atoms with Crippen molar-refractivity contribution in [2.75, 3.05) is 6.54 Å². The molecule has 2 aliphatic rings. The van der Waals surface area contributed by atoms with E-state index in [0.717, 1.165) is 56.3 Å². The highest BCUT2D eigenvalue weighted by molar-refractivity contribution is 5.70. The quantitative estimate of drug-likeness (QED) is 0.495. The summed E-state index contributed by atoms with van der Waals surface area (Å²) < 4.78 is 12.7. The van der Waals surface area contributed by atoms with Gasteiger partial charge in [0.15, 0.2) is 0 Å². The van der Waals surface area contributed by atoms with Crippen LogP contribution in [-0.4, -0.2) is 18.1 Å². The Bertz CT molecular complexity index is 970. The third kappa shape index (κ3) is 4.19. The molecule has 2 aliphatic carbocycles. The van der Waals surface area contributed by atoms with E-state index in [2.05, 4.69) is 44.2 Å². The van der Waals surface area contributed by atoms with E-state index in [4.69, 9.17) is 15.2 Å². The molecule has 33 heavy (non-hydrogen) atoms. The SMILES string of the molecule is CCCC(=O)OC12CCCCC1(C(C)(C)CN)c1cc(OCc3ccccc3)ccc1CC2. The molecule has 0 aromatic heterocycles. The normalized spacial score (nSPS) is 24.5. The molecule has 4 nitrogen and oxygen atoms in total. The minimum absolute atomic E-state index is 0.0727. The average Bonchev–Trinajstić information content (AvgIpc) is 2.83. The molecule has 2 aromatic rings. The number of esters is 1. The largest absolute Gasteiger partial charge is 0.489 e. The van der Waals surface area contributed by atoms with E-state index in [-0.39, 0.29) is 16.8 Å². The van der Waals surface area contributed by atoms with E-state index < -0.39 is 5.60 Å². The van der Waals surface area contributed by atoms with Gasteiger partial charge in [0.25, 0.3) is 0 Å². The molecule has 0 radical (unpaired) electrons. The van der Waals surface area contributed by atoms with Gasteiger partial charge in [0, 0.05) is 11.8 Å². The molecule has 2 N–H and O–H groups in total. The second-order valence-electron chi connectivity index (χ2n) is 10.5. The maximum absolute atomic E-state index is 12.9. The monoisotopic (exact) mass is 449 g/mol. The molecule has 0 saturated heterocycles. The van der Waals surface area contributed by atoms with Gasteiger partial charge in [-0.05, 0) is 79.3 Å². The summed E-state index contributed by atoms with van der Waals surface area (Å²) >= 11 is 0. The fourth-order valence-corrected chi connectivity index (χ4v) is 6.45. The van der Waals surface area contributed by atoms with Crippen LogP contribution in [0.1, 0.15) is 82.4 Å². The van der Waals surface area contributed by atoms with Crippen molar-refractivity contribution in [3.05, 3.63) is 65.2 Å². The van der Waals surface area contributed by atoms with Crippen molar-refractivity contribution >= 4 is 5.97 Å². The molecule has 2 aromatic carbocycles. The molecule has 0 aliphatic heterocycles. The lowest BCUT2D eigenvalue weighted by Crippen LogP contribution is -2.66. The van der Waals surface area contributed by atoms with Crippen molar-refractivity contribution in [2.45, 2.75) is 89.8 Å². The molecule has 1 saturated carbocycles. The number of rotatable bonds is 8. The molecule has 0 amide bonds. The molecular formula is C29H39NO3. The number of benzene rings is 2. The van der Waals surface area contributed by atoms with Gasteiger partial charge < -0.3 is 15.2 Å². The standard InChI is InChI=1S/C29H39NO3/c1-4-10-26(31)33-28-16-8-9-17-29(28,27(2,3)21-30)25-19-24(14-13-23(25)15-18-28)32-20-22-11-6-5-7-12-22/h5-7,11-14,19H,4,8-10,15-18,20-21,30H2,1-3H3. The average molecular weight is 450 g/mol. The third-order valence-electron chi connectivity index (χ3n) is 8.18. The number of ether oxygens (including phenoxy) is 2. The summed E-state index contributed by atoms with van der Waals surface area (Å²) in [6, 6.07) is 16.8. The highest BCUT2D eigenvalue weighted by atomic mass is 16.6. The van der Waals surface area contributed by atoms with Crippen LogP contribution in [0.4, 0.5) is 0 Å². The van der Waals surface area contributed by atoms with Crippen LogP contribution in [0.25, 0.3) is 0 Å². The van der Waals surface area contributed by atoms with Gasteiger partial charge in [0.1, 0.15) is 18.0 Å². The highest BCUT2D eigenvalue weighted by Gasteiger charge is 2.64. The second-order valence-corrected chi connectivity index (χ2v) is 10.5. The molecule has 2 unspecified atom stereocenters. The van der Waals surface area contributed by atoms with Gasteiger partial charge in [-0.15, -0.1) is 0 Å². The maximum atomic E-state index is 12.9. The van der Waals surface area contributed by atoms with Crippen molar-refractivity contribution in [3.63, 3.8) is 0 Å². The Morgan fingerprint density at radius 3 is 2.55 bits per heavy atom. The summed E-state index contributed by atoms with van der Waals surface area (Å²) in [5.74, 6) is 0.794. The Balaban J connectivity index is 1.78. The molecule has 0 spiro atoms. The summed E-state index contributed by atoms with van der Waals surface area (Å²) in [7, 11) is 0. The first kappa shape index (κ1) is 23.8. The molecule has 2 atom stereocenters. The predicted octanol–water partition coefficient (Wildman–Crippen LogP) is 6.09. The van der Waals surface area contributed by atoms with Crippen LogP contribution < -0.4 is 10.5 Å². The Hall–Kier alpha value is -2.33. The zero-order valence-corrected chi connectivity index (χ0v) is 20.5. The lowest BCUT2D eigenvalue weighted by atomic mass is 9.45. The molecular weight excluding hydrogens is 410 g/mol. The molecule has 1 fully saturated rings. The van der Waals surface area contributed by atoms with Crippen LogP contribution in [0.3, 0.4) is 0 Å². The van der Waals surface area contributed by atoms with E-state index >= 15 is 0 Å². The first-order valence-electron chi connectivity index (χ1n) is 12.6. The lowest BCUT2D eigenvalue weighted by molar-refractivity contribution is -0.191. The number of hydrogen-bond donors (Lipinski definition) is 1. The minimum atomic E-state index is -0.509. The van der Waals surface area contributed by atoms with Gasteiger partial charge in [-0.2, -0.15) is 0 Å². The third-order valence-corrected chi connectivity index (χ3v) is 8.18. The molecule has 0 bridgehead atoms. The number of carbonyl (C=O) groups excluding carboxylic acids is 1. The van der Waals surface area contributed by atoms with Crippen molar-refractivity contribution in [1.82, 2.24) is 0 Å². The molecule has 4 rings (SSSR count). The Kier molecular flexibility index (Phi) is 6.86. The van der Waals surface area contributed by atoms with Gasteiger partial charge in [-0.1, -0.05) is 63.6 Å². The van der Waals surface area contributed by atoms with E-state index in [1.54, 1.807) is 0 Å². The fourth-order valence-electron chi connectivity index (χ4n) is 6.45. The van der Waals surface area contributed by atoms with Gasteiger partial charge >= 0.3 is 5.97 Å². The van der Waals surface area contributed by atoms with E-state index in [1.807, 2.05) is 25.1 Å². The number of nitrogens with two attached hydrogens (primary N) is 1. The van der Waals surface area contributed by atoms with Crippen LogP contribution >= 0.6 is 0 Å². The van der Waals surface area contributed by atoms with Gasteiger partial charge in [0.2, 0.25) is 0 Å².